The van der Waals surface area contributed by atoms with Crippen molar-refractivity contribution >= 4 is 18.2 Å². The number of ketones is 1. The van der Waals surface area contributed by atoms with Gasteiger partial charge in [0.25, 0.3) is 0 Å². The van der Waals surface area contributed by atoms with Gasteiger partial charge in [0, 0.05) is 11.6 Å². The maximum Gasteiger partial charge on any atom is 0.176 e. The third kappa shape index (κ3) is 5.88. The Bertz CT molecular complexity index is 585. The van der Waals surface area contributed by atoms with Crippen molar-refractivity contribution in [1.82, 2.24) is 5.32 Å². The predicted octanol–water partition coefficient (Wildman–Crippen LogP) is 3.87. The molecule has 0 heterocycles. The van der Waals surface area contributed by atoms with E-state index in [1.807, 2.05) is 62.4 Å². The maximum absolute atomic E-state index is 12.1. The van der Waals surface area contributed by atoms with Gasteiger partial charge in [-0.05, 0) is 17.7 Å². The Labute approximate surface area is 138 Å². The van der Waals surface area contributed by atoms with Crippen LogP contribution in [0.2, 0.25) is 0 Å². The summed E-state index contributed by atoms with van der Waals surface area (Å²) in [6, 6.07) is 17.6. The summed E-state index contributed by atoms with van der Waals surface area (Å²) in [5.41, 5.74) is 1.78. The molecule has 2 rings (SSSR count). The predicted molar refractivity (Wildman–Crippen MR) is 91.9 cm³/mol. The number of hydrogen-bond donors (Lipinski definition) is 1. The smallest absolute Gasteiger partial charge is 0.176 e. The van der Waals surface area contributed by atoms with Crippen LogP contribution in [0.5, 0.6) is 5.75 Å². The topological polar surface area (TPSA) is 38.3 Å². The standard InChI is InChI=1S/C18H21NO2.ClH/c1-14(2)19-12-18(20)16-9-6-10-17(11-16)21-13-15-7-4-3-5-8-15;/h3-11,14,19H,12-13H2,1-2H3;1H. The second-order valence-electron chi connectivity index (χ2n) is 5.26. The largest absolute Gasteiger partial charge is 0.489 e. The third-order valence-corrected chi connectivity index (χ3v) is 3.08. The van der Waals surface area contributed by atoms with Crippen LogP contribution in [0, 0.1) is 0 Å². The second kappa shape index (κ2) is 9.23. The Morgan fingerprint density at radius 2 is 1.82 bits per heavy atom. The Morgan fingerprint density at radius 1 is 1.09 bits per heavy atom. The first-order valence-electron chi connectivity index (χ1n) is 7.18. The van der Waals surface area contributed by atoms with Crippen molar-refractivity contribution in [3.63, 3.8) is 0 Å². The van der Waals surface area contributed by atoms with Crippen molar-refractivity contribution in [3.8, 4) is 5.75 Å². The fourth-order valence-corrected chi connectivity index (χ4v) is 1.90. The first kappa shape index (κ1) is 18.2. The molecule has 0 atom stereocenters. The lowest BCUT2D eigenvalue weighted by atomic mass is 10.1. The summed E-state index contributed by atoms with van der Waals surface area (Å²) >= 11 is 0. The van der Waals surface area contributed by atoms with Crippen molar-refractivity contribution in [3.05, 3.63) is 65.7 Å². The van der Waals surface area contributed by atoms with E-state index in [-0.39, 0.29) is 18.2 Å². The van der Waals surface area contributed by atoms with Gasteiger partial charge in [-0.2, -0.15) is 0 Å². The van der Waals surface area contributed by atoms with E-state index in [9.17, 15) is 4.79 Å². The van der Waals surface area contributed by atoms with E-state index in [0.29, 0.717) is 30.5 Å². The van der Waals surface area contributed by atoms with E-state index in [4.69, 9.17) is 4.74 Å². The molecule has 0 aliphatic heterocycles. The highest BCUT2D eigenvalue weighted by molar-refractivity contribution is 5.97. The van der Waals surface area contributed by atoms with Crippen LogP contribution in [-0.4, -0.2) is 18.4 Å². The van der Waals surface area contributed by atoms with Crippen LogP contribution in [-0.2, 0) is 6.61 Å². The summed E-state index contributed by atoms with van der Waals surface area (Å²) in [6.45, 7) is 4.89. The number of ether oxygens (including phenoxy) is 1. The number of carbonyl (C=O) groups excluding carboxylic acids is 1. The normalized spacial score (nSPS) is 10.1. The van der Waals surface area contributed by atoms with Crippen molar-refractivity contribution in [2.24, 2.45) is 0 Å². The molecule has 0 spiro atoms. The SMILES string of the molecule is CC(C)NCC(=O)c1cccc(OCc2ccccc2)c1.Cl. The highest BCUT2D eigenvalue weighted by Gasteiger charge is 2.07. The molecule has 22 heavy (non-hydrogen) atoms. The minimum absolute atomic E-state index is 0. The van der Waals surface area contributed by atoms with Gasteiger partial charge < -0.3 is 10.1 Å². The van der Waals surface area contributed by atoms with Crippen LogP contribution < -0.4 is 10.1 Å². The van der Waals surface area contributed by atoms with E-state index >= 15 is 0 Å². The quantitative estimate of drug-likeness (QED) is 0.787. The molecule has 0 saturated carbocycles. The van der Waals surface area contributed by atoms with Gasteiger partial charge in [-0.25, -0.2) is 0 Å². The zero-order valence-electron chi connectivity index (χ0n) is 12.9. The molecule has 0 aliphatic rings. The van der Waals surface area contributed by atoms with Gasteiger partial charge in [-0.1, -0.05) is 56.3 Å². The van der Waals surface area contributed by atoms with Crippen LogP contribution >= 0.6 is 12.4 Å². The number of carbonyl (C=O) groups is 1. The number of benzene rings is 2. The molecule has 0 fully saturated rings. The molecule has 3 nitrogen and oxygen atoms in total. The molecule has 0 saturated heterocycles. The molecule has 2 aromatic carbocycles. The number of rotatable bonds is 7. The Hall–Kier alpha value is -1.84. The molecular weight excluding hydrogens is 298 g/mol. The lowest BCUT2D eigenvalue weighted by Crippen LogP contribution is -2.29. The Morgan fingerprint density at radius 3 is 2.50 bits per heavy atom. The summed E-state index contributed by atoms with van der Waals surface area (Å²) in [7, 11) is 0. The lowest BCUT2D eigenvalue weighted by molar-refractivity contribution is 0.0988. The maximum atomic E-state index is 12.1. The Kier molecular flexibility index (Phi) is 7.64. The fourth-order valence-electron chi connectivity index (χ4n) is 1.90. The third-order valence-electron chi connectivity index (χ3n) is 3.08. The summed E-state index contributed by atoms with van der Waals surface area (Å²) in [5.74, 6) is 0.795. The zero-order valence-corrected chi connectivity index (χ0v) is 13.7. The van der Waals surface area contributed by atoms with Gasteiger partial charge in [0.2, 0.25) is 0 Å². The van der Waals surface area contributed by atoms with Gasteiger partial charge in [0.05, 0.1) is 6.54 Å². The first-order valence-corrected chi connectivity index (χ1v) is 7.18. The van der Waals surface area contributed by atoms with E-state index in [0.717, 1.165) is 5.56 Å². The highest BCUT2D eigenvalue weighted by atomic mass is 35.5. The van der Waals surface area contributed by atoms with Gasteiger partial charge >= 0.3 is 0 Å². The van der Waals surface area contributed by atoms with Crippen molar-refractivity contribution in [2.45, 2.75) is 26.5 Å². The minimum atomic E-state index is 0. The zero-order chi connectivity index (χ0) is 15.1. The molecule has 0 bridgehead atoms. The van der Waals surface area contributed by atoms with Gasteiger partial charge in [-0.3, -0.25) is 4.79 Å². The first-order chi connectivity index (χ1) is 10.1. The van der Waals surface area contributed by atoms with Crippen molar-refractivity contribution < 1.29 is 9.53 Å². The molecule has 0 radical (unpaired) electrons. The molecule has 0 amide bonds. The number of Topliss-reactive ketones (excluding diaryl/α,β-unsaturated/α-hetero) is 1. The van der Waals surface area contributed by atoms with Crippen LogP contribution in [0.25, 0.3) is 0 Å². The van der Waals surface area contributed by atoms with Crippen LogP contribution in [0.4, 0.5) is 0 Å². The van der Waals surface area contributed by atoms with Crippen molar-refractivity contribution in [1.29, 1.82) is 0 Å². The van der Waals surface area contributed by atoms with Gasteiger partial charge in [0.1, 0.15) is 12.4 Å². The van der Waals surface area contributed by atoms with Gasteiger partial charge in [0.15, 0.2) is 5.78 Å². The van der Waals surface area contributed by atoms with E-state index in [2.05, 4.69) is 5.32 Å². The highest BCUT2D eigenvalue weighted by Crippen LogP contribution is 2.15. The van der Waals surface area contributed by atoms with Crippen LogP contribution in [0.15, 0.2) is 54.6 Å². The number of hydrogen-bond acceptors (Lipinski definition) is 3. The molecule has 2 aromatic rings. The average Bonchev–Trinajstić information content (AvgIpc) is 2.52. The molecule has 0 unspecified atom stereocenters. The Balaban J connectivity index is 0.00000242. The van der Waals surface area contributed by atoms with E-state index in [1.54, 1.807) is 6.07 Å². The number of nitrogens with one attached hydrogen (secondary N) is 1. The fraction of sp³-hybridized carbons (Fsp3) is 0.278. The lowest BCUT2D eigenvalue weighted by Gasteiger charge is -2.09. The van der Waals surface area contributed by atoms with Crippen LogP contribution in [0.3, 0.4) is 0 Å². The molecule has 118 valence electrons. The second-order valence-corrected chi connectivity index (χ2v) is 5.26. The molecule has 1 N–H and O–H groups in total. The van der Waals surface area contributed by atoms with E-state index in [1.165, 1.54) is 0 Å². The molecular formula is C18H22ClNO2. The molecule has 0 aromatic heterocycles. The van der Waals surface area contributed by atoms with Crippen molar-refractivity contribution in [2.75, 3.05) is 6.54 Å². The summed E-state index contributed by atoms with van der Waals surface area (Å²) in [4.78, 5) is 12.1. The molecule has 0 aliphatic carbocycles. The summed E-state index contributed by atoms with van der Waals surface area (Å²) in [6.07, 6.45) is 0. The minimum Gasteiger partial charge on any atom is -0.489 e. The van der Waals surface area contributed by atoms with Crippen LogP contribution in [0.1, 0.15) is 29.8 Å². The monoisotopic (exact) mass is 319 g/mol. The summed E-state index contributed by atoms with van der Waals surface area (Å²) < 4.78 is 5.74. The van der Waals surface area contributed by atoms with E-state index < -0.39 is 0 Å². The average molecular weight is 320 g/mol. The summed E-state index contributed by atoms with van der Waals surface area (Å²) in [5, 5.41) is 3.13. The molecule has 4 heteroatoms. The van der Waals surface area contributed by atoms with Gasteiger partial charge in [-0.15, -0.1) is 12.4 Å². The number of halogens is 1.